The van der Waals surface area contributed by atoms with E-state index in [1.807, 2.05) is 0 Å². The second-order valence-corrected chi connectivity index (χ2v) is 6.97. The largest absolute Gasteiger partial charge is 0.476 e. The van der Waals surface area contributed by atoms with Gasteiger partial charge in [0.1, 0.15) is 18.4 Å². The second kappa shape index (κ2) is 9.56. The lowest BCUT2D eigenvalue weighted by Crippen LogP contribution is -2.26. The van der Waals surface area contributed by atoms with Gasteiger partial charge >= 0.3 is 0 Å². The molecule has 1 unspecified atom stereocenters. The van der Waals surface area contributed by atoms with Crippen molar-refractivity contribution < 1.29 is 17.8 Å². The standard InChI is InChI=1S/C17H17ClFN5O3S/c1-11(28-19)27-14-4-3-12(7-13(14)18)16-15(22-10-26-16)17(25)21-5-2-6-24-9-20-8-23-24/h3-4,7-11H,2,5-6H2,1H3,(H,21,25). The van der Waals surface area contributed by atoms with Crippen LogP contribution in [0.4, 0.5) is 3.89 Å². The summed E-state index contributed by atoms with van der Waals surface area (Å²) in [6.45, 7) is 2.65. The number of hydrogen-bond donors (Lipinski definition) is 1. The minimum atomic E-state index is -0.688. The number of carbonyl (C=O) groups excluding carboxylic acids is 1. The van der Waals surface area contributed by atoms with Crippen LogP contribution in [0, 0.1) is 0 Å². The predicted molar refractivity (Wildman–Crippen MR) is 103 cm³/mol. The number of aromatic nitrogens is 4. The Kier molecular flexibility index (Phi) is 6.88. The van der Waals surface area contributed by atoms with Crippen molar-refractivity contribution in [1.82, 2.24) is 25.1 Å². The number of hydrogen-bond acceptors (Lipinski definition) is 7. The molecule has 0 aliphatic heterocycles. The highest BCUT2D eigenvalue weighted by molar-refractivity contribution is 7.94. The summed E-state index contributed by atoms with van der Waals surface area (Å²) in [5.74, 6) is 0.262. The summed E-state index contributed by atoms with van der Waals surface area (Å²) in [5, 5.41) is 7.06. The number of amides is 1. The van der Waals surface area contributed by atoms with Crippen molar-refractivity contribution in [2.24, 2.45) is 0 Å². The molecule has 0 saturated heterocycles. The third-order valence-corrected chi connectivity index (χ3v) is 4.35. The zero-order valence-electron chi connectivity index (χ0n) is 14.8. The molecule has 11 heteroatoms. The zero-order valence-corrected chi connectivity index (χ0v) is 16.4. The van der Waals surface area contributed by atoms with Crippen molar-refractivity contribution in [3.05, 3.63) is 48.0 Å². The number of oxazole rings is 1. The number of aryl methyl sites for hydroxylation is 1. The molecule has 3 rings (SSSR count). The summed E-state index contributed by atoms with van der Waals surface area (Å²) >= 11 is 6.27. The maximum absolute atomic E-state index is 12.5. The Hall–Kier alpha value is -2.59. The Morgan fingerprint density at radius 3 is 3.07 bits per heavy atom. The summed E-state index contributed by atoms with van der Waals surface area (Å²) in [6.07, 6.45) is 4.95. The fourth-order valence-electron chi connectivity index (χ4n) is 2.42. The molecule has 2 aromatic heterocycles. The molecule has 0 saturated carbocycles. The van der Waals surface area contributed by atoms with Crippen molar-refractivity contribution >= 4 is 29.7 Å². The monoisotopic (exact) mass is 425 g/mol. The van der Waals surface area contributed by atoms with Crippen LogP contribution in [0.1, 0.15) is 23.8 Å². The minimum absolute atomic E-state index is 0.0739. The molecule has 1 aromatic carbocycles. The minimum Gasteiger partial charge on any atom is -0.476 e. The van der Waals surface area contributed by atoms with E-state index in [0.717, 1.165) is 0 Å². The van der Waals surface area contributed by atoms with Gasteiger partial charge in [-0.2, -0.15) is 8.98 Å². The van der Waals surface area contributed by atoms with Gasteiger partial charge in [0.2, 0.25) is 0 Å². The topological polar surface area (TPSA) is 95.1 Å². The zero-order chi connectivity index (χ0) is 19.9. The van der Waals surface area contributed by atoms with E-state index < -0.39 is 5.44 Å². The average molecular weight is 426 g/mol. The van der Waals surface area contributed by atoms with Crippen LogP contribution in [-0.4, -0.2) is 37.6 Å². The van der Waals surface area contributed by atoms with E-state index in [1.54, 1.807) is 36.1 Å². The number of ether oxygens (including phenoxy) is 1. The van der Waals surface area contributed by atoms with E-state index in [2.05, 4.69) is 20.4 Å². The Balaban J connectivity index is 1.64. The molecule has 1 amide bonds. The second-order valence-electron chi connectivity index (χ2n) is 5.72. The van der Waals surface area contributed by atoms with Crippen LogP contribution in [0.5, 0.6) is 5.75 Å². The van der Waals surface area contributed by atoms with Crippen LogP contribution in [0.25, 0.3) is 11.3 Å². The summed E-state index contributed by atoms with van der Waals surface area (Å²) < 4.78 is 24.9. The molecule has 0 bridgehead atoms. The number of nitrogens with zero attached hydrogens (tertiary/aromatic N) is 4. The maximum Gasteiger partial charge on any atom is 0.273 e. The normalized spacial score (nSPS) is 12.0. The van der Waals surface area contributed by atoms with Gasteiger partial charge in [-0.3, -0.25) is 9.48 Å². The molecular weight excluding hydrogens is 409 g/mol. The van der Waals surface area contributed by atoms with E-state index in [0.29, 0.717) is 30.8 Å². The van der Waals surface area contributed by atoms with E-state index in [1.165, 1.54) is 12.7 Å². The lowest BCUT2D eigenvalue weighted by Gasteiger charge is -2.12. The van der Waals surface area contributed by atoms with E-state index in [9.17, 15) is 8.68 Å². The Morgan fingerprint density at radius 2 is 2.36 bits per heavy atom. The summed E-state index contributed by atoms with van der Waals surface area (Å²) in [6, 6.07) is 4.83. The molecule has 0 fully saturated rings. The van der Waals surface area contributed by atoms with Crippen molar-refractivity contribution in [2.75, 3.05) is 6.54 Å². The predicted octanol–water partition coefficient (Wildman–Crippen LogP) is 3.75. The molecule has 2 heterocycles. The first kappa shape index (κ1) is 20.2. The maximum atomic E-state index is 12.5. The van der Waals surface area contributed by atoms with Gasteiger partial charge in [-0.1, -0.05) is 11.6 Å². The Morgan fingerprint density at radius 1 is 1.50 bits per heavy atom. The molecule has 0 radical (unpaired) electrons. The van der Waals surface area contributed by atoms with E-state index in [-0.39, 0.29) is 34.5 Å². The SMILES string of the molecule is CC(Oc1ccc(-c2ocnc2C(=O)NCCCn2cncn2)cc1Cl)SF. The Labute approximate surface area is 169 Å². The number of rotatable bonds is 9. The summed E-state index contributed by atoms with van der Waals surface area (Å²) in [4.78, 5) is 20.3. The van der Waals surface area contributed by atoms with Gasteiger partial charge in [-0.05, 0) is 31.5 Å². The van der Waals surface area contributed by atoms with Crippen LogP contribution in [0.3, 0.4) is 0 Å². The summed E-state index contributed by atoms with van der Waals surface area (Å²) in [5.41, 5.74) is 0.0221. The molecule has 0 aliphatic carbocycles. The fourth-order valence-corrected chi connectivity index (χ4v) is 2.79. The molecular formula is C17H17ClFN5O3S. The van der Waals surface area contributed by atoms with E-state index >= 15 is 0 Å². The summed E-state index contributed by atoms with van der Waals surface area (Å²) in [7, 11) is 0. The fraction of sp³-hybridized carbons (Fsp3) is 0.294. The van der Waals surface area contributed by atoms with Crippen LogP contribution in [-0.2, 0) is 6.54 Å². The number of benzene rings is 1. The molecule has 1 atom stereocenters. The number of halogens is 2. The average Bonchev–Trinajstić information content (AvgIpc) is 3.38. The number of nitrogens with one attached hydrogen (secondary N) is 1. The van der Waals surface area contributed by atoms with Gasteiger partial charge in [0.25, 0.3) is 5.91 Å². The van der Waals surface area contributed by atoms with Crippen molar-refractivity contribution in [3.63, 3.8) is 0 Å². The van der Waals surface area contributed by atoms with Gasteiger partial charge in [0, 0.05) is 18.7 Å². The molecule has 3 aromatic rings. The van der Waals surface area contributed by atoms with Crippen molar-refractivity contribution in [1.29, 1.82) is 0 Å². The highest BCUT2D eigenvalue weighted by atomic mass is 35.5. The Bertz CT molecular complexity index is 921. The van der Waals surface area contributed by atoms with Crippen LogP contribution < -0.4 is 10.1 Å². The molecule has 28 heavy (non-hydrogen) atoms. The highest BCUT2D eigenvalue weighted by Gasteiger charge is 2.19. The quantitative estimate of drug-likeness (QED) is 0.412. The van der Waals surface area contributed by atoms with Gasteiger partial charge in [-0.25, -0.2) is 9.97 Å². The van der Waals surface area contributed by atoms with Crippen LogP contribution in [0.15, 0.2) is 41.7 Å². The first-order valence-electron chi connectivity index (χ1n) is 8.36. The molecule has 1 N–H and O–H groups in total. The smallest absolute Gasteiger partial charge is 0.273 e. The van der Waals surface area contributed by atoms with Crippen molar-refractivity contribution in [2.45, 2.75) is 25.3 Å². The lowest BCUT2D eigenvalue weighted by atomic mass is 10.1. The third-order valence-electron chi connectivity index (χ3n) is 3.71. The van der Waals surface area contributed by atoms with Crippen LogP contribution >= 0.6 is 23.7 Å². The van der Waals surface area contributed by atoms with Gasteiger partial charge < -0.3 is 14.5 Å². The van der Waals surface area contributed by atoms with Gasteiger partial charge in [0.05, 0.1) is 17.2 Å². The first-order valence-corrected chi connectivity index (χ1v) is 9.52. The van der Waals surface area contributed by atoms with Crippen molar-refractivity contribution in [3.8, 4) is 17.1 Å². The molecule has 0 aliphatic rings. The van der Waals surface area contributed by atoms with E-state index in [4.69, 9.17) is 20.8 Å². The van der Waals surface area contributed by atoms with Gasteiger partial charge in [0.15, 0.2) is 23.3 Å². The highest BCUT2D eigenvalue weighted by Crippen LogP contribution is 2.33. The van der Waals surface area contributed by atoms with Crippen LogP contribution in [0.2, 0.25) is 5.02 Å². The lowest BCUT2D eigenvalue weighted by molar-refractivity contribution is 0.0948. The number of carbonyl (C=O) groups is 1. The molecule has 0 spiro atoms. The first-order chi connectivity index (χ1) is 13.6. The molecule has 8 nitrogen and oxygen atoms in total. The third kappa shape index (κ3) is 5.02. The van der Waals surface area contributed by atoms with Gasteiger partial charge in [-0.15, -0.1) is 0 Å². The molecule has 148 valence electrons.